The number of ether oxygens (including phenoxy) is 5. The SMILES string of the molecule is CCCCCCN(CCCCCC)CCOCCOCCOCCOCCNC(=O)OC(C)(C)C. The highest BCUT2D eigenvalue weighted by Gasteiger charge is 2.15. The third-order valence-corrected chi connectivity index (χ3v) is 5.24. The van der Waals surface area contributed by atoms with Gasteiger partial charge in [0, 0.05) is 13.1 Å². The fourth-order valence-corrected chi connectivity index (χ4v) is 3.35. The van der Waals surface area contributed by atoms with Crippen LogP contribution in [0.5, 0.6) is 0 Å². The van der Waals surface area contributed by atoms with Crippen molar-refractivity contribution in [3.05, 3.63) is 0 Å². The molecule has 8 nitrogen and oxygen atoms in total. The molecule has 0 saturated carbocycles. The molecule has 0 radical (unpaired) electrons. The van der Waals surface area contributed by atoms with E-state index in [-0.39, 0.29) is 0 Å². The molecule has 0 heterocycles. The van der Waals surface area contributed by atoms with E-state index in [2.05, 4.69) is 24.1 Å². The normalized spacial score (nSPS) is 11.8. The highest BCUT2D eigenvalue weighted by Crippen LogP contribution is 2.06. The molecule has 0 aromatic heterocycles. The maximum absolute atomic E-state index is 11.5. The Morgan fingerprint density at radius 3 is 1.54 bits per heavy atom. The van der Waals surface area contributed by atoms with Gasteiger partial charge >= 0.3 is 6.09 Å². The maximum atomic E-state index is 11.5. The number of alkyl carbamates (subject to hydrolysis) is 1. The lowest BCUT2D eigenvalue weighted by atomic mass is 10.1. The number of carbonyl (C=O) groups excluding carboxylic acids is 1. The summed E-state index contributed by atoms with van der Waals surface area (Å²) in [5, 5.41) is 2.65. The Morgan fingerprint density at radius 1 is 0.629 bits per heavy atom. The third-order valence-electron chi connectivity index (χ3n) is 5.24. The monoisotopic (exact) mass is 504 g/mol. The topological polar surface area (TPSA) is 78.5 Å². The summed E-state index contributed by atoms with van der Waals surface area (Å²) in [6.07, 6.45) is 10.1. The van der Waals surface area contributed by atoms with Gasteiger partial charge in [0.2, 0.25) is 0 Å². The predicted molar refractivity (Wildman–Crippen MR) is 142 cm³/mol. The summed E-state index contributed by atoms with van der Waals surface area (Å²) in [7, 11) is 0. The molecule has 0 saturated heterocycles. The predicted octanol–water partition coefficient (Wildman–Crippen LogP) is 5.04. The van der Waals surface area contributed by atoms with E-state index < -0.39 is 11.7 Å². The van der Waals surface area contributed by atoms with Crippen molar-refractivity contribution in [1.82, 2.24) is 10.2 Å². The Balaban J connectivity index is 3.50. The van der Waals surface area contributed by atoms with E-state index in [4.69, 9.17) is 23.7 Å². The fourth-order valence-electron chi connectivity index (χ4n) is 3.35. The number of unbranched alkanes of at least 4 members (excludes halogenated alkanes) is 6. The van der Waals surface area contributed by atoms with Crippen molar-refractivity contribution in [3.63, 3.8) is 0 Å². The second-order valence-electron chi connectivity index (χ2n) is 9.84. The van der Waals surface area contributed by atoms with Gasteiger partial charge in [0.15, 0.2) is 0 Å². The quantitative estimate of drug-likeness (QED) is 0.175. The van der Waals surface area contributed by atoms with Gasteiger partial charge in [-0.3, -0.25) is 0 Å². The first-order valence-corrected chi connectivity index (χ1v) is 13.9. The molecule has 0 aromatic rings. The molecule has 1 amide bonds. The van der Waals surface area contributed by atoms with E-state index >= 15 is 0 Å². The van der Waals surface area contributed by atoms with Crippen molar-refractivity contribution in [3.8, 4) is 0 Å². The van der Waals surface area contributed by atoms with Crippen LogP contribution in [0.3, 0.4) is 0 Å². The minimum absolute atomic E-state index is 0.410. The highest BCUT2D eigenvalue weighted by atomic mass is 16.6. The lowest BCUT2D eigenvalue weighted by molar-refractivity contribution is -0.00392. The van der Waals surface area contributed by atoms with Gasteiger partial charge in [-0.05, 0) is 46.7 Å². The van der Waals surface area contributed by atoms with Gasteiger partial charge < -0.3 is 33.9 Å². The summed E-state index contributed by atoms with van der Waals surface area (Å²) in [6.45, 7) is 18.3. The largest absolute Gasteiger partial charge is 0.444 e. The fraction of sp³-hybridized carbons (Fsp3) is 0.963. The smallest absolute Gasteiger partial charge is 0.407 e. The number of rotatable bonds is 25. The molecule has 0 aromatic carbocycles. The summed E-state index contributed by atoms with van der Waals surface area (Å²) in [4.78, 5) is 14.0. The highest BCUT2D eigenvalue weighted by molar-refractivity contribution is 5.67. The first kappa shape index (κ1) is 34.1. The van der Waals surface area contributed by atoms with Crippen LogP contribution in [0.15, 0.2) is 0 Å². The van der Waals surface area contributed by atoms with Crippen LogP contribution in [0.4, 0.5) is 4.79 Å². The zero-order chi connectivity index (χ0) is 26.0. The Bertz CT molecular complexity index is 447. The molecule has 0 atom stereocenters. The van der Waals surface area contributed by atoms with Gasteiger partial charge in [0.25, 0.3) is 0 Å². The molecular formula is C27H56N2O6. The zero-order valence-corrected chi connectivity index (χ0v) is 23.5. The van der Waals surface area contributed by atoms with Gasteiger partial charge in [0.05, 0.1) is 52.9 Å². The Hall–Kier alpha value is -0.930. The van der Waals surface area contributed by atoms with Crippen LogP contribution in [0.25, 0.3) is 0 Å². The minimum atomic E-state index is -0.491. The second-order valence-corrected chi connectivity index (χ2v) is 9.84. The average molecular weight is 505 g/mol. The number of carbonyl (C=O) groups is 1. The third kappa shape index (κ3) is 27.5. The van der Waals surface area contributed by atoms with E-state index in [0.717, 1.165) is 13.2 Å². The number of amides is 1. The molecular weight excluding hydrogens is 448 g/mol. The molecule has 0 rings (SSSR count). The summed E-state index contributed by atoms with van der Waals surface area (Å²) >= 11 is 0. The van der Waals surface area contributed by atoms with E-state index in [1.807, 2.05) is 20.8 Å². The summed E-state index contributed by atoms with van der Waals surface area (Å²) in [6, 6.07) is 0. The first-order valence-electron chi connectivity index (χ1n) is 13.9. The maximum Gasteiger partial charge on any atom is 0.407 e. The van der Waals surface area contributed by atoms with Crippen LogP contribution in [0.2, 0.25) is 0 Å². The molecule has 0 aliphatic rings. The first-order chi connectivity index (χ1) is 16.9. The molecule has 0 unspecified atom stereocenters. The molecule has 1 N–H and O–H groups in total. The minimum Gasteiger partial charge on any atom is -0.444 e. The Kier molecular flexibility index (Phi) is 24.1. The van der Waals surface area contributed by atoms with E-state index in [1.54, 1.807) is 0 Å². The van der Waals surface area contributed by atoms with Crippen molar-refractivity contribution in [2.45, 2.75) is 91.6 Å². The van der Waals surface area contributed by atoms with E-state index in [1.165, 1.54) is 64.5 Å². The molecule has 0 spiro atoms. The average Bonchev–Trinajstić information content (AvgIpc) is 2.80. The van der Waals surface area contributed by atoms with Gasteiger partial charge in [-0.2, -0.15) is 0 Å². The summed E-state index contributed by atoms with van der Waals surface area (Å²) in [5.41, 5.74) is -0.491. The van der Waals surface area contributed by atoms with Crippen LogP contribution in [0, 0.1) is 0 Å². The molecule has 0 bridgehead atoms. The van der Waals surface area contributed by atoms with Gasteiger partial charge in [-0.15, -0.1) is 0 Å². The van der Waals surface area contributed by atoms with Crippen molar-refractivity contribution in [1.29, 1.82) is 0 Å². The molecule has 8 heteroatoms. The van der Waals surface area contributed by atoms with Crippen LogP contribution in [0.1, 0.15) is 86.0 Å². The van der Waals surface area contributed by atoms with Crippen LogP contribution >= 0.6 is 0 Å². The number of hydrogen-bond donors (Lipinski definition) is 1. The standard InChI is InChI=1S/C27H56N2O6/c1-6-8-10-12-15-29(16-13-11-9-7-2)17-19-32-21-23-34-25-24-33-22-20-31-18-14-28-26(30)35-27(3,4)5/h6-25H2,1-5H3,(H,28,30). The molecule has 0 aliphatic heterocycles. The molecule has 0 aliphatic carbocycles. The van der Waals surface area contributed by atoms with Gasteiger partial charge in [-0.25, -0.2) is 4.79 Å². The van der Waals surface area contributed by atoms with Crippen LogP contribution < -0.4 is 5.32 Å². The van der Waals surface area contributed by atoms with Crippen LogP contribution in [-0.2, 0) is 23.7 Å². The van der Waals surface area contributed by atoms with Crippen molar-refractivity contribution >= 4 is 6.09 Å². The lowest BCUT2D eigenvalue weighted by Crippen LogP contribution is -2.34. The molecule has 210 valence electrons. The van der Waals surface area contributed by atoms with Gasteiger partial charge in [-0.1, -0.05) is 52.4 Å². The van der Waals surface area contributed by atoms with Crippen molar-refractivity contribution in [2.75, 3.05) is 79.0 Å². The number of nitrogens with one attached hydrogen (secondary N) is 1. The zero-order valence-electron chi connectivity index (χ0n) is 23.5. The summed E-state index contributed by atoms with van der Waals surface area (Å²) < 4.78 is 27.4. The van der Waals surface area contributed by atoms with E-state index in [0.29, 0.717) is 52.8 Å². The van der Waals surface area contributed by atoms with Gasteiger partial charge in [0.1, 0.15) is 5.60 Å². The van der Waals surface area contributed by atoms with Crippen molar-refractivity contribution in [2.24, 2.45) is 0 Å². The lowest BCUT2D eigenvalue weighted by Gasteiger charge is -2.22. The van der Waals surface area contributed by atoms with Crippen molar-refractivity contribution < 1.29 is 28.5 Å². The Morgan fingerprint density at radius 2 is 1.09 bits per heavy atom. The molecule has 0 fully saturated rings. The molecule has 35 heavy (non-hydrogen) atoms. The second kappa shape index (κ2) is 24.8. The number of hydrogen-bond acceptors (Lipinski definition) is 7. The van der Waals surface area contributed by atoms with E-state index in [9.17, 15) is 4.79 Å². The summed E-state index contributed by atoms with van der Waals surface area (Å²) in [5.74, 6) is 0. The number of nitrogens with zero attached hydrogens (tertiary/aromatic N) is 1. The Labute approximate surface area is 215 Å². The van der Waals surface area contributed by atoms with Crippen LogP contribution in [-0.4, -0.2) is 95.6 Å².